The van der Waals surface area contributed by atoms with Crippen LogP contribution in [-0.4, -0.2) is 33.5 Å². The lowest BCUT2D eigenvalue weighted by Gasteiger charge is -2.10. The molecule has 0 radical (unpaired) electrons. The zero-order chi connectivity index (χ0) is 17.5. The molecule has 0 bridgehead atoms. The number of methoxy groups -OCH3 is 3. The molecule has 2 aromatic rings. The Balaban J connectivity index is 2.16. The maximum atomic E-state index is 12.1. The fraction of sp³-hybridized carbons (Fsp3) is 0.176. The highest BCUT2D eigenvalue weighted by molar-refractivity contribution is 6.34. The molecule has 2 aromatic carbocycles. The van der Waals surface area contributed by atoms with Gasteiger partial charge in [0, 0.05) is 5.56 Å². The number of benzene rings is 2. The lowest BCUT2D eigenvalue weighted by atomic mass is 10.2. The van der Waals surface area contributed by atoms with Crippen LogP contribution in [0, 0.1) is 0 Å². The highest BCUT2D eigenvalue weighted by Gasteiger charge is 2.13. The van der Waals surface area contributed by atoms with Gasteiger partial charge in [0.2, 0.25) is 0 Å². The summed E-state index contributed by atoms with van der Waals surface area (Å²) in [6.45, 7) is 0. The number of hydrazone groups is 1. The van der Waals surface area contributed by atoms with Crippen LogP contribution >= 0.6 is 11.6 Å². The minimum absolute atomic E-state index is 0.340. The van der Waals surface area contributed by atoms with E-state index in [-0.39, 0.29) is 5.91 Å². The van der Waals surface area contributed by atoms with E-state index < -0.39 is 0 Å². The number of nitrogens with zero attached hydrogens (tertiary/aromatic N) is 1. The summed E-state index contributed by atoms with van der Waals surface area (Å²) < 4.78 is 15.5. The Morgan fingerprint density at radius 2 is 1.75 bits per heavy atom. The third-order valence-electron chi connectivity index (χ3n) is 3.24. The first kappa shape index (κ1) is 17.6. The molecule has 0 unspecified atom stereocenters. The smallest absolute Gasteiger partial charge is 0.275 e. The van der Waals surface area contributed by atoms with Crippen LogP contribution in [0.4, 0.5) is 0 Å². The Morgan fingerprint density at radius 1 is 1.04 bits per heavy atom. The standard InChI is InChI=1S/C17H17ClN2O4/c1-22-13-7-5-4-6-12(13)17(21)20-19-10-11-8-9-14(23-2)16(24-3)15(11)18/h4-10H,1-3H3,(H,20,21)/b19-10+. The molecule has 0 aromatic heterocycles. The van der Waals surface area contributed by atoms with Gasteiger partial charge in [-0.25, -0.2) is 5.43 Å². The lowest BCUT2D eigenvalue weighted by Crippen LogP contribution is -2.18. The van der Waals surface area contributed by atoms with Gasteiger partial charge in [-0.1, -0.05) is 23.7 Å². The summed E-state index contributed by atoms with van der Waals surface area (Å²) in [5, 5.41) is 4.26. The molecule has 1 N–H and O–H groups in total. The van der Waals surface area contributed by atoms with Crippen LogP contribution in [0.2, 0.25) is 5.02 Å². The van der Waals surface area contributed by atoms with Gasteiger partial charge in [0.05, 0.1) is 38.1 Å². The predicted molar refractivity (Wildman–Crippen MR) is 92.6 cm³/mol. The Kier molecular flexibility index (Phi) is 6.03. The Bertz CT molecular complexity index is 762. The highest BCUT2D eigenvalue weighted by atomic mass is 35.5. The van der Waals surface area contributed by atoms with Crippen molar-refractivity contribution in [3.05, 3.63) is 52.5 Å². The first-order chi connectivity index (χ1) is 11.6. The van der Waals surface area contributed by atoms with Gasteiger partial charge in [0.15, 0.2) is 11.5 Å². The van der Waals surface area contributed by atoms with Gasteiger partial charge in [-0.2, -0.15) is 5.10 Å². The molecule has 0 saturated heterocycles. The number of ether oxygens (including phenoxy) is 3. The molecular weight excluding hydrogens is 332 g/mol. The molecular formula is C17H17ClN2O4. The first-order valence-electron chi connectivity index (χ1n) is 6.99. The molecule has 2 rings (SSSR count). The van der Waals surface area contributed by atoms with E-state index in [4.69, 9.17) is 25.8 Å². The van der Waals surface area contributed by atoms with E-state index in [1.165, 1.54) is 27.5 Å². The second-order valence-corrected chi connectivity index (χ2v) is 4.98. The molecule has 0 saturated carbocycles. The lowest BCUT2D eigenvalue weighted by molar-refractivity contribution is 0.0952. The normalized spacial score (nSPS) is 10.5. The van der Waals surface area contributed by atoms with Crippen LogP contribution in [-0.2, 0) is 0 Å². The number of hydrogen-bond donors (Lipinski definition) is 1. The van der Waals surface area contributed by atoms with Crippen LogP contribution < -0.4 is 19.6 Å². The SMILES string of the molecule is COc1ccccc1C(=O)N/N=C/c1ccc(OC)c(OC)c1Cl. The maximum Gasteiger partial charge on any atom is 0.275 e. The van der Waals surface area contributed by atoms with Crippen molar-refractivity contribution in [3.63, 3.8) is 0 Å². The van der Waals surface area contributed by atoms with Gasteiger partial charge >= 0.3 is 0 Å². The summed E-state index contributed by atoms with van der Waals surface area (Å²) in [6, 6.07) is 10.3. The predicted octanol–water partition coefficient (Wildman–Crippen LogP) is 3.13. The van der Waals surface area contributed by atoms with E-state index >= 15 is 0 Å². The van der Waals surface area contributed by atoms with Crippen molar-refractivity contribution in [1.82, 2.24) is 5.43 Å². The molecule has 6 nitrogen and oxygen atoms in total. The third kappa shape index (κ3) is 3.78. The molecule has 24 heavy (non-hydrogen) atoms. The Morgan fingerprint density at radius 3 is 2.42 bits per heavy atom. The largest absolute Gasteiger partial charge is 0.496 e. The maximum absolute atomic E-state index is 12.1. The minimum Gasteiger partial charge on any atom is -0.496 e. The average molecular weight is 349 g/mol. The molecule has 0 spiro atoms. The number of para-hydroxylation sites is 1. The van der Waals surface area contributed by atoms with E-state index in [0.29, 0.717) is 33.4 Å². The summed E-state index contributed by atoms with van der Waals surface area (Å²) in [5.74, 6) is 0.992. The van der Waals surface area contributed by atoms with E-state index in [9.17, 15) is 4.79 Å². The molecule has 0 aliphatic carbocycles. The van der Waals surface area contributed by atoms with Crippen LogP contribution in [0.3, 0.4) is 0 Å². The van der Waals surface area contributed by atoms with Crippen molar-refractivity contribution in [2.75, 3.05) is 21.3 Å². The van der Waals surface area contributed by atoms with Gasteiger partial charge in [-0.15, -0.1) is 0 Å². The molecule has 0 atom stereocenters. The zero-order valence-electron chi connectivity index (χ0n) is 13.5. The van der Waals surface area contributed by atoms with Crippen molar-refractivity contribution in [2.24, 2.45) is 5.10 Å². The topological polar surface area (TPSA) is 69.2 Å². The van der Waals surface area contributed by atoms with Crippen LogP contribution in [0.25, 0.3) is 0 Å². The van der Waals surface area contributed by atoms with Crippen LogP contribution in [0.1, 0.15) is 15.9 Å². The van der Waals surface area contributed by atoms with Gasteiger partial charge in [-0.3, -0.25) is 4.79 Å². The number of halogens is 1. The highest BCUT2D eigenvalue weighted by Crippen LogP contribution is 2.36. The monoisotopic (exact) mass is 348 g/mol. The summed E-state index contributed by atoms with van der Waals surface area (Å²) in [6.07, 6.45) is 1.43. The summed E-state index contributed by atoms with van der Waals surface area (Å²) in [5.41, 5.74) is 3.40. The zero-order valence-corrected chi connectivity index (χ0v) is 14.3. The van der Waals surface area contributed by atoms with Crippen LogP contribution in [0.5, 0.6) is 17.2 Å². The fourth-order valence-electron chi connectivity index (χ4n) is 2.06. The second-order valence-electron chi connectivity index (χ2n) is 4.60. The number of amides is 1. The molecule has 0 aliphatic heterocycles. The summed E-state index contributed by atoms with van der Waals surface area (Å²) in [4.78, 5) is 12.1. The molecule has 7 heteroatoms. The van der Waals surface area contributed by atoms with E-state index in [2.05, 4.69) is 10.5 Å². The number of hydrogen-bond acceptors (Lipinski definition) is 5. The fourth-order valence-corrected chi connectivity index (χ4v) is 2.34. The number of carbonyl (C=O) groups is 1. The van der Waals surface area contributed by atoms with Gasteiger partial charge < -0.3 is 14.2 Å². The van der Waals surface area contributed by atoms with Crippen molar-refractivity contribution in [3.8, 4) is 17.2 Å². The molecule has 0 aliphatic rings. The number of carbonyl (C=O) groups excluding carboxylic acids is 1. The number of rotatable bonds is 6. The Labute approximate surface area is 145 Å². The molecule has 0 fully saturated rings. The van der Waals surface area contributed by atoms with E-state index in [1.54, 1.807) is 36.4 Å². The molecule has 1 amide bonds. The van der Waals surface area contributed by atoms with Crippen molar-refractivity contribution < 1.29 is 19.0 Å². The summed E-state index contributed by atoms with van der Waals surface area (Å²) in [7, 11) is 4.52. The average Bonchev–Trinajstić information content (AvgIpc) is 2.62. The quantitative estimate of drug-likeness (QED) is 0.643. The van der Waals surface area contributed by atoms with Gasteiger partial charge in [0.1, 0.15) is 5.75 Å². The summed E-state index contributed by atoms with van der Waals surface area (Å²) >= 11 is 6.24. The van der Waals surface area contributed by atoms with Crippen LogP contribution in [0.15, 0.2) is 41.5 Å². The van der Waals surface area contributed by atoms with Crippen molar-refractivity contribution in [1.29, 1.82) is 0 Å². The number of nitrogens with one attached hydrogen (secondary N) is 1. The van der Waals surface area contributed by atoms with Gasteiger partial charge in [0.25, 0.3) is 5.91 Å². The second kappa shape index (κ2) is 8.21. The molecule has 0 heterocycles. The molecule has 126 valence electrons. The first-order valence-corrected chi connectivity index (χ1v) is 7.37. The van der Waals surface area contributed by atoms with Crippen molar-refractivity contribution >= 4 is 23.7 Å². The van der Waals surface area contributed by atoms with E-state index in [1.807, 2.05) is 0 Å². The van der Waals surface area contributed by atoms with Gasteiger partial charge in [-0.05, 0) is 24.3 Å². The van der Waals surface area contributed by atoms with Crippen molar-refractivity contribution in [2.45, 2.75) is 0 Å². The van der Waals surface area contributed by atoms with E-state index in [0.717, 1.165) is 0 Å². The minimum atomic E-state index is -0.389. The Hall–Kier alpha value is -2.73. The third-order valence-corrected chi connectivity index (χ3v) is 3.63.